The van der Waals surface area contributed by atoms with Gasteiger partial charge in [-0.1, -0.05) is 6.07 Å². The van der Waals surface area contributed by atoms with E-state index in [1.165, 1.54) is 0 Å². The summed E-state index contributed by atoms with van der Waals surface area (Å²) < 4.78 is 5.61. The number of rotatable bonds is 2. The van der Waals surface area contributed by atoms with Crippen molar-refractivity contribution in [3.63, 3.8) is 0 Å². The molecule has 82 valence electrons. The van der Waals surface area contributed by atoms with E-state index in [0.717, 1.165) is 30.2 Å². The molecule has 1 fully saturated rings. The number of hydrogen-bond donors (Lipinski definition) is 2. The van der Waals surface area contributed by atoms with Crippen LogP contribution >= 0.6 is 11.8 Å². The number of phenols is 1. The minimum Gasteiger partial charge on any atom is -0.507 e. The number of hydrogen-bond acceptors (Lipinski definition) is 4. The van der Waals surface area contributed by atoms with E-state index in [0.29, 0.717) is 5.75 Å². The Kier molecular flexibility index (Phi) is 3.51. The fourth-order valence-corrected chi connectivity index (χ4v) is 2.16. The molecule has 1 aromatic carbocycles. The molecular formula is C11H15NO2S. The van der Waals surface area contributed by atoms with Crippen molar-refractivity contribution in [3.8, 4) is 5.75 Å². The van der Waals surface area contributed by atoms with E-state index >= 15 is 0 Å². The van der Waals surface area contributed by atoms with Crippen LogP contribution < -0.4 is 5.32 Å². The molecule has 1 atom stereocenters. The molecule has 2 N–H and O–H groups in total. The Morgan fingerprint density at radius 3 is 3.00 bits per heavy atom. The molecule has 0 aliphatic carbocycles. The molecule has 1 aliphatic heterocycles. The summed E-state index contributed by atoms with van der Waals surface area (Å²) in [5.74, 6) is 0.342. The van der Waals surface area contributed by atoms with Gasteiger partial charge in [-0.2, -0.15) is 0 Å². The molecule has 0 radical (unpaired) electrons. The Labute approximate surface area is 93.8 Å². The first kappa shape index (κ1) is 10.8. The normalized spacial score (nSPS) is 21.5. The van der Waals surface area contributed by atoms with Gasteiger partial charge in [0.1, 0.15) is 5.75 Å². The number of aromatic hydroxyl groups is 1. The molecule has 4 heteroatoms. The smallest absolute Gasteiger partial charge is 0.129 e. The van der Waals surface area contributed by atoms with Crippen LogP contribution in [0.15, 0.2) is 23.1 Å². The Bertz CT molecular complexity index is 337. The molecule has 0 aromatic heterocycles. The van der Waals surface area contributed by atoms with E-state index < -0.39 is 0 Å². The van der Waals surface area contributed by atoms with Crippen LogP contribution in [0.2, 0.25) is 0 Å². The van der Waals surface area contributed by atoms with Gasteiger partial charge >= 0.3 is 0 Å². The summed E-state index contributed by atoms with van der Waals surface area (Å²) in [5, 5.41) is 13.0. The maximum Gasteiger partial charge on any atom is 0.129 e. The van der Waals surface area contributed by atoms with Gasteiger partial charge in [-0.15, -0.1) is 11.8 Å². The Balaban J connectivity index is 2.17. The van der Waals surface area contributed by atoms with Gasteiger partial charge in [-0.3, -0.25) is 0 Å². The standard InChI is InChI=1S/C11H15NO2S/c1-15-11-3-2-8(6-9(11)13)10-7-12-4-5-14-10/h2-3,6,10,12-13H,4-5,7H2,1H3. The highest BCUT2D eigenvalue weighted by molar-refractivity contribution is 7.98. The van der Waals surface area contributed by atoms with Gasteiger partial charge in [0, 0.05) is 18.0 Å². The molecule has 15 heavy (non-hydrogen) atoms. The Hall–Kier alpha value is -0.710. The number of morpholine rings is 1. The minimum absolute atomic E-state index is 0.0700. The maximum atomic E-state index is 9.73. The van der Waals surface area contributed by atoms with Crippen molar-refractivity contribution < 1.29 is 9.84 Å². The Morgan fingerprint density at radius 1 is 1.53 bits per heavy atom. The topological polar surface area (TPSA) is 41.5 Å². The van der Waals surface area contributed by atoms with Gasteiger partial charge in [-0.05, 0) is 24.0 Å². The van der Waals surface area contributed by atoms with Crippen LogP contribution in [0.4, 0.5) is 0 Å². The number of phenolic OH excluding ortho intramolecular Hbond substituents is 1. The van der Waals surface area contributed by atoms with Crippen molar-refractivity contribution in [2.24, 2.45) is 0 Å². The number of nitrogens with one attached hydrogen (secondary N) is 1. The first-order valence-corrected chi connectivity index (χ1v) is 6.23. The predicted octanol–water partition coefficient (Wildman–Crippen LogP) is 1.77. The first-order chi connectivity index (χ1) is 7.31. The molecule has 1 unspecified atom stereocenters. The van der Waals surface area contributed by atoms with Gasteiger partial charge in [0.25, 0.3) is 0 Å². The second-order valence-electron chi connectivity index (χ2n) is 3.49. The average Bonchev–Trinajstić information content (AvgIpc) is 2.30. The monoisotopic (exact) mass is 225 g/mol. The van der Waals surface area contributed by atoms with Gasteiger partial charge < -0.3 is 15.2 Å². The SMILES string of the molecule is CSc1ccc(C2CNCCO2)cc1O. The van der Waals surface area contributed by atoms with Crippen LogP contribution in [-0.2, 0) is 4.74 Å². The summed E-state index contributed by atoms with van der Waals surface area (Å²) >= 11 is 1.54. The van der Waals surface area contributed by atoms with E-state index in [-0.39, 0.29) is 6.10 Å². The Morgan fingerprint density at radius 2 is 2.40 bits per heavy atom. The highest BCUT2D eigenvalue weighted by Crippen LogP contribution is 2.30. The van der Waals surface area contributed by atoms with Crippen LogP contribution in [0, 0.1) is 0 Å². The molecule has 0 saturated carbocycles. The first-order valence-electron chi connectivity index (χ1n) is 5.00. The van der Waals surface area contributed by atoms with Crippen molar-refractivity contribution in [2.75, 3.05) is 26.0 Å². The summed E-state index contributed by atoms with van der Waals surface area (Å²) in [6.07, 6.45) is 2.02. The molecule has 3 nitrogen and oxygen atoms in total. The fraction of sp³-hybridized carbons (Fsp3) is 0.455. The van der Waals surface area contributed by atoms with E-state index in [2.05, 4.69) is 5.32 Å². The molecule has 2 rings (SSSR count). The molecule has 1 aromatic rings. The second-order valence-corrected chi connectivity index (χ2v) is 4.34. The predicted molar refractivity (Wildman–Crippen MR) is 61.5 cm³/mol. The summed E-state index contributed by atoms with van der Waals surface area (Å²) in [4.78, 5) is 0.905. The van der Waals surface area contributed by atoms with Gasteiger partial charge in [0.15, 0.2) is 0 Å². The molecule has 1 saturated heterocycles. The van der Waals surface area contributed by atoms with Crippen molar-refractivity contribution in [1.29, 1.82) is 0 Å². The summed E-state index contributed by atoms with van der Waals surface area (Å²) in [6, 6.07) is 5.75. The molecule has 0 spiro atoms. The third kappa shape index (κ3) is 2.45. The molecular weight excluding hydrogens is 210 g/mol. The molecule has 1 heterocycles. The lowest BCUT2D eigenvalue weighted by Gasteiger charge is -2.24. The van der Waals surface area contributed by atoms with Gasteiger partial charge in [0.2, 0.25) is 0 Å². The van der Waals surface area contributed by atoms with Crippen LogP contribution in [0.25, 0.3) is 0 Å². The van der Waals surface area contributed by atoms with E-state index in [4.69, 9.17) is 4.74 Å². The highest BCUT2D eigenvalue weighted by Gasteiger charge is 2.16. The van der Waals surface area contributed by atoms with Crippen LogP contribution in [-0.4, -0.2) is 31.1 Å². The number of benzene rings is 1. The molecule has 1 aliphatic rings. The lowest BCUT2D eigenvalue weighted by molar-refractivity contribution is 0.0275. The number of ether oxygens (including phenoxy) is 1. The molecule has 0 bridgehead atoms. The van der Waals surface area contributed by atoms with Crippen molar-refractivity contribution >= 4 is 11.8 Å². The van der Waals surface area contributed by atoms with Crippen LogP contribution in [0.1, 0.15) is 11.7 Å². The zero-order valence-electron chi connectivity index (χ0n) is 8.69. The number of thioether (sulfide) groups is 1. The van der Waals surface area contributed by atoms with E-state index in [1.54, 1.807) is 17.8 Å². The maximum absolute atomic E-state index is 9.73. The molecule has 0 amide bonds. The van der Waals surface area contributed by atoms with E-state index in [9.17, 15) is 5.11 Å². The van der Waals surface area contributed by atoms with Crippen LogP contribution in [0.5, 0.6) is 5.75 Å². The third-order valence-corrected chi connectivity index (χ3v) is 3.29. The zero-order chi connectivity index (χ0) is 10.7. The summed E-state index contributed by atoms with van der Waals surface area (Å²) in [7, 11) is 0. The van der Waals surface area contributed by atoms with Crippen LogP contribution in [0.3, 0.4) is 0 Å². The lowest BCUT2D eigenvalue weighted by Crippen LogP contribution is -2.33. The van der Waals surface area contributed by atoms with Gasteiger partial charge in [0.05, 0.1) is 12.7 Å². The van der Waals surface area contributed by atoms with Crippen molar-refractivity contribution in [1.82, 2.24) is 5.32 Å². The van der Waals surface area contributed by atoms with Crippen molar-refractivity contribution in [3.05, 3.63) is 23.8 Å². The van der Waals surface area contributed by atoms with Crippen molar-refractivity contribution in [2.45, 2.75) is 11.0 Å². The minimum atomic E-state index is 0.0700. The average molecular weight is 225 g/mol. The summed E-state index contributed by atoms with van der Waals surface area (Å²) in [6.45, 7) is 2.46. The zero-order valence-corrected chi connectivity index (χ0v) is 9.51. The highest BCUT2D eigenvalue weighted by atomic mass is 32.2. The van der Waals surface area contributed by atoms with E-state index in [1.807, 2.05) is 18.4 Å². The second kappa shape index (κ2) is 4.88. The lowest BCUT2D eigenvalue weighted by atomic mass is 10.1. The quantitative estimate of drug-likeness (QED) is 0.753. The summed E-state index contributed by atoms with van der Waals surface area (Å²) in [5.41, 5.74) is 1.04. The third-order valence-electron chi connectivity index (χ3n) is 2.50. The van der Waals surface area contributed by atoms with Gasteiger partial charge in [-0.25, -0.2) is 0 Å². The fourth-order valence-electron chi connectivity index (χ4n) is 1.69. The largest absolute Gasteiger partial charge is 0.507 e.